The van der Waals surface area contributed by atoms with Crippen molar-refractivity contribution in [3.8, 4) is 17.2 Å². The van der Waals surface area contributed by atoms with Crippen LogP contribution in [0.1, 0.15) is 17.5 Å². The van der Waals surface area contributed by atoms with E-state index in [2.05, 4.69) is 11.4 Å². The van der Waals surface area contributed by atoms with Crippen molar-refractivity contribution in [2.45, 2.75) is 13.0 Å². The topological polar surface area (TPSA) is 128 Å². The fourth-order valence-electron chi connectivity index (χ4n) is 3.26. The molecule has 2 amide bonds. The number of Topliss-reactive ketones (excluding diaryl/α,β-unsaturated/α-hetero) is 1. The molecule has 1 atom stereocenters. The van der Waals surface area contributed by atoms with E-state index in [9.17, 15) is 19.2 Å². The molecule has 2 aromatic rings. The van der Waals surface area contributed by atoms with E-state index in [4.69, 9.17) is 10.4 Å². The van der Waals surface area contributed by atoms with Crippen molar-refractivity contribution < 1.29 is 24.3 Å². The lowest BCUT2D eigenvalue weighted by atomic mass is 9.94. The zero-order chi connectivity index (χ0) is 21.7. The maximum atomic E-state index is 12.6. The molecule has 1 unspecified atom stereocenters. The number of nitrogens with zero attached hydrogens (tertiary/aromatic N) is 2. The number of benzene rings is 2. The van der Waals surface area contributed by atoms with Crippen molar-refractivity contribution in [2.75, 3.05) is 13.1 Å². The van der Waals surface area contributed by atoms with E-state index in [1.807, 2.05) is 36.4 Å². The van der Waals surface area contributed by atoms with Gasteiger partial charge in [0.15, 0.2) is 11.7 Å². The van der Waals surface area contributed by atoms with Crippen LogP contribution in [0.25, 0.3) is 11.1 Å². The highest BCUT2D eigenvalue weighted by Crippen LogP contribution is 2.22. The molecule has 0 saturated carbocycles. The number of carboxylic acid groups (broad SMARTS) is 1. The minimum Gasteiger partial charge on any atom is -0.480 e. The molecule has 1 fully saturated rings. The van der Waals surface area contributed by atoms with Crippen molar-refractivity contribution in [3.05, 3.63) is 59.7 Å². The lowest BCUT2D eigenvalue weighted by Gasteiger charge is -2.30. The van der Waals surface area contributed by atoms with E-state index >= 15 is 0 Å². The van der Waals surface area contributed by atoms with Crippen LogP contribution in [0, 0.1) is 17.2 Å². The molecule has 0 aromatic heterocycles. The van der Waals surface area contributed by atoms with Gasteiger partial charge in [0.1, 0.15) is 6.54 Å². The zero-order valence-corrected chi connectivity index (χ0v) is 16.0. The van der Waals surface area contributed by atoms with Crippen molar-refractivity contribution in [2.24, 2.45) is 5.92 Å². The van der Waals surface area contributed by atoms with Gasteiger partial charge in [0.25, 0.3) is 0 Å². The van der Waals surface area contributed by atoms with Crippen LogP contribution in [0.4, 0.5) is 0 Å². The highest BCUT2D eigenvalue weighted by Gasteiger charge is 2.40. The van der Waals surface area contributed by atoms with Crippen LogP contribution in [0.5, 0.6) is 0 Å². The third-order valence-electron chi connectivity index (χ3n) is 4.86. The quantitative estimate of drug-likeness (QED) is 0.698. The number of likely N-dealkylation sites (tertiary alicyclic amines) is 1. The Morgan fingerprint density at radius 2 is 1.67 bits per heavy atom. The Kier molecular flexibility index (Phi) is 6.23. The normalized spacial score (nSPS) is 16.1. The second kappa shape index (κ2) is 9.01. The standard InChI is InChI=1S/C22H19N3O5/c23-11-14-1-5-16(6-2-14)17-7-3-15(4-8-17)13-25-10-9-18(26)20(22(25)30)21(29)24-12-19(27)28/h1-8,20H,9-10,12-13H2,(H,24,29)(H,27,28). The summed E-state index contributed by atoms with van der Waals surface area (Å²) in [6.45, 7) is -0.201. The average molecular weight is 405 g/mol. The summed E-state index contributed by atoms with van der Waals surface area (Å²) in [5, 5.41) is 19.6. The van der Waals surface area contributed by atoms with E-state index in [-0.39, 0.29) is 19.5 Å². The largest absolute Gasteiger partial charge is 0.480 e. The van der Waals surface area contributed by atoms with Crippen molar-refractivity contribution in [1.82, 2.24) is 10.2 Å². The average Bonchev–Trinajstić information content (AvgIpc) is 2.75. The van der Waals surface area contributed by atoms with Gasteiger partial charge >= 0.3 is 5.97 Å². The molecule has 0 radical (unpaired) electrons. The van der Waals surface area contributed by atoms with E-state index < -0.39 is 36.0 Å². The van der Waals surface area contributed by atoms with Crippen LogP contribution in [-0.4, -0.2) is 46.7 Å². The number of carboxylic acids is 1. The van der Waals surface area contributed by atoms with Gasteiger partial charge in [-0.3, -0.25) is 19.2 Å². The molecule has 1 saturated heterocycles. The van der Waals surface area contributed by atoms with Gasteiger partial charge in [0.2, 0.25) is 11.8 Å². The first-order valence-electron chi connectivity index (χ1n) is 9.29. The summed E-state index contributed by atoms with van der Waals surface area (Å²) >= 11 is 0. The fraction of sp³-hybridized carbons (Fsp3) is 0.227. The molecule has 1 aliphatic rings. The number of piperidine rings is 1. The van der Waals surface area contributed by atoms with Crippen LogP contribution >= 0.6 is 0 Å². The Balaban J connectivity index is 1.68. The number of ketones is 1. The molecule has 0 aliphatic carbocycles. The van der Waals surface area contributed by atoms with Gasteiger partial charge in [0, 0.05) is 19.5 Å². The first-order chi connectivity index (χ1) is 14.4. The van der Waals surface area contributed by atoms with Crippen molar-refractivity contribution in [3.63, 3.8) is 0 Å². The van der Waals surface area contributed by atoms with Crippen LogP contribution in [0.3, 0.4) is 0 Å². The Morgan fingerprint density at radius 3 is 2.23 bits per heavy atom. The number of rotatable bonds is 6. The summed E-state index contributed by atoms with van der Waals surface area (Å²) < 4.78 is 0. The van der Waals surface area contributed by atoms with Gasteiger partial charge in [-0.05, 0) is 28.8 Å². The van der Waals surface area contributed by atoms with Crippen LogP contribution in [0.2, 0.25) is 0 Å². The molecular weight excluding hydrogens is 386 g/mol. The first-order valence-corrected chi connectivity index (χ1v) is 9.29. The van der Waals surface area contributed by atoms with Crippen molar-refractivity contribution in [1.29, 1.82) is 5.26 Å². The Morgan fingerprint density at radius 1 is 1.07 bits per heavy atom. The van der Waals surface area contributed by atoms with Gasteiger partial charge in [-0.1, -0.05) is 36.4 Å². The number of amides is 2. The maximum absolute atomic E-state index is 12.6. The van der Waals surface area contributed by atoms with Gasteiger partial charge in [0.05, 0.1) is 11.6 Å². The number of hydrogen-bond donors (Lipinski definition) is 2. The third kappa shape index (κ3) is 4.70. The molecule has 1 heterocycles. The predicted molar refractivity (Wildman–Crippen MR) is 106 cm³/mol. The minimum atomic E-state index is -1.50. The molecule has 1 aliphatic heterocycles. The van der Waals surface area contributed by atoms with Gasteiger partial charge in [-0.15, -0.1) is 0 Å². The van der Waals surface area contributed by atoms with Gasteiger partial charge in [-0.2, -0.15) is 5.26 Å². The number of nitrogens with one attached hydrogen (secondary N) is 1. The number of carbonyl (C=O) groups is 4. The van der Waals surface area contributed by atoms with Crippen LogP contribution < -0.4 is 5.32 Å². The second-order valence-corrected chi connectivity index (χ2v) is 6.91. The van der Waals surface area contributed by atoms with Crippen molar-refractivity contribution >= 4 is 23.6 Å². The highest BCUT2D eigenvalue weighted by molar-refractivity contribution is 6.19. The summed E-state index contributed by atoms with van der Waals surface area (Å²) in [5.41, 5.74) is 3.32. The molecule has 152 valence electrons. The lowest BCUT2D eigenvalue weighted by Crippen LogP contribution is -2.52. The predicted octanol–water partition coefficient (Wildman–Crippen LogP) is 1.34. The Bertz CT molecular complexity index is 1020. The monoisotopic (exact) mass is 405 g/mol. The molecule has 3 rings (SSSR count). The van der Waals surface area contributed by atoms with E-state index in [0.29, 0.717) is 5.56 Å². The summed E-state index contributed by atoms with van der Waals surface area (Å²) in [6.07, 6.45) is 0.0419. The highest BCUT2D eigenvalue weighted by atomic mass is 16.4. The Labute approximate surface area is 172 Å². The Hall–Kier alpha value is -3.99. The molecule has 30 heavy (non-hydrogen) atoms. The minimum absolute atomic E-state index is 0.0419. The second-order valence-electron chi connectivity index (χ2n) is 6.91. The summed E-state index contributed by atoms with van der Waals surface area (Å²) in [7, 11) is 0. The van der Waals surface area contributed by atoms with E-state index in [0.717, 1.165) is 16.7 Å². The molecule has 8 nitrogen and oxygen atoms in total. The first kappa shape index (κ1) is 20.7. The lowest BCUT2D eigenvalue weighted by molar-refractivity contribution is -0.152. The number of nitriles is 1. The summed E-state index contributed by atoms with van der Waals surface area (Å²) in [4.78, 5) is 48.9. The molecule has 8 heteroatoms. The van der Waals surface area contributed by atoms with Crippen LogP contribution in [-0.2, 0) is 25.7 Å². The zero-order valence-electron chi connectivity index (χ0n) is 16.0. The van der Waals surface area contributed by atoms with E-state index in [1.54, 1.807) is 12.1 Å². The molecular formula is C22H19N3O5. The molecule has 2 aromatic carbocycles. The number of aliphatic carboxylic acids is 1. The number of hydrogen-bond acceptors (Lipinski definition) is 5. The summed E-state index contributed by atoms with van der Waals surface area (Å²) in [6, 6.07) is 16.8. The van der Waals surface area contributed by atoms with E-state index in [1.165, 1.54) is 4.90 Å². The molecule has 0 bridgehead atoms. The SMILES string of the molecule is N#Cc1ccc(-c2ccc(CN3CCC(=O)C(C(=O)NCC(=O)O)C3=O)cc2)cc1. The van der Waals surface area contributed by atoms with Crippen LogP contribution in [0.15, 0.2) is 48.5 Å². The third-order valence-corrected chi connectivity index (χ3v) is 4.86. The molecule has 2 N–H and O–H groups in total. The maximum Gasteiger partial charge on any atom is 0.322 e. The number of carbonyl (C=O) groups excluding carboxylic acids is 3. The summed E-state index contributed by atoms with van der Waals surface area (Å²) in [5.74, 6) is -4.76. The fourth-order valence-corrected chi connectivity index (χ4v) is 3.26. The molecule has 0 spiro atoms. The van der Waals surface area contributed by atoms with Gasteiger partial charge < -0.3 is 15.3 Å². The van der Waals surface area contributed by atoms with Gasteiger partial charge in [-0.25, -0.2) is 0 Å². The smallest absolute Gasteiger partial charge is 0.322 e.